The molecule has 0 saturated heterocycles. The smallest absolute Gasteiger partial charge is 0.216 e. The predicted octanol–water partition coefficient (Wildman–Crippen LogP) is 0.542. The molecule has 0 unspecified atom stereocenters. The van der Waals surface area contributed by atoms with Crippen LogP contribution in [0.3, 0.4) is 0 Å². The molecule has 0 heterocycles. The summed E-state index contributed by atoms with van der Waals surface area (Å²) in [5.74, 6) is 0. The second-order valence-electron chi connectivity index (χ2n) is 3.04. The van der Waals surface area contributed by atoms with E-state index in [0.29, 0.717) is 0 Å². The lowest BCUT2D eigenvalue weighted by Gasteiger charge is -2.03. The van der Waals surface area contributed by atoms with Gasteiger partial charge in [-0.05, 0) is 17.5 Å². The molecule has 0 amide bonds. The Hall–Kier alpha value is -0.910. The van der Waals surface area contributed by atoms with Crippen molar-refractivity contribution in [1.29, 1.82) is 0 Å². The molecule has 1 rings (SSSR count). The first-order valence-corrected chi connectivity index (χ1v) is 5.91. The second-order valence-corrected chi connectivity index (χ2v) is 4.42. The van der Waals surface area contributed by atoms with Crippen molar-refractivity contribution in [2.45, 2.75) is 19.9 Å². The van der Waals surface area contributed by atoms with Crippen LogP contribution < -0.4 is 9.86 Å². The normalized spacial score (nSPS) is 11.6. The summed E-state index contributed by atoms with van der Waals surface area (Å²) >= 11 is 0. The number of nitrogens with two attached hydrogens (primary N) is 1. The molecule has 1 aromatic carbocycles. The van der Waals surface area contributed by atoms with E-state index in [2.05, 4.69) is 4.72 Å². The number of nitrogens with one attached hydrogen (secondary N) is 1. The van der Waals surface area contributed by atoms with Crippen molar-refractivity contribution in [2.24, 2.45) is 5.14 Å². The maximum atomic E-state index is 10.6. The zero-order valence-corrected chi connectivity index (χ0v) is 8.84. The van der Waals surface area contributed by atoms with Crippen molar-refractivity contribution in [2.75, 3.05) is 0 Å². The highest BCUT2D eigenvalue weighted by Gasteiger charge is 2.01. The molecule has 0 aliphatic heterocycles. The molecular weight excluding hydrogens is 200 g/mol. The van der Waals surface area contributed by atoms with Gasteiger partial charge in [0, 0.05) is 6.54 Å². The van der Waals surface area contributed by atoms with Crippen LogP contribution in [-0.2, 0) is 23.2 Å². The van der Waals surface area contributed by atoms with E-state index in [4.69, 9.17) is 5.14 Å². The van der Waals surface area contributed by atoms with Crippen LogP contribution in [0.15, 0.2) is 24.3 Å². The van der Waals surface area contributed by atoms with Crippen molar-refractivity contribution >= 4 is 10.2 Å². The summed E-state index contributed by atoms with van der Waals surface area (Å²) in [4.78, 5) is 0. The Morgan fingerprint density at radius 2 is 2.00 bits per heavy atom. The molecule has 0 radical (unpaired) electrons. The fourth-order valence-corrected chi connectivity index (χ4v) is 1.51. The zero-order chi connectivity index (χ0) is 10.6. The topological polar surface area (TPSA) is 72.2 Å². The number of rotatable bonds is 4. The molecule has 1 aromatic rings. The summed E-state index contributed by atoms with van der Waals surface area (Å²) in [6.07, 6.45) is 0.934. The predicted molar refractivity (Wildman–Crippen MR) is 55.8 cm³/mol. The molecule has 0 aromatic heterocycles. The van der Waals surface area contributed by atoms with Crippen LogP contribution in [0.2, 0.25) is 0 Å². The molecule has 5 heteroatoms. The molecule has 0 fully saturated rings. The highest BCUT2D eigenvalue weighted by molar-refractivity contribution is 7.87. The lowest BCUT2D eigenvalue weighted by molar-refractivity contribution is 0.583. The van der Waals surface area contributed by atoms with E-state index < -0.39 is 10.2 Å². The highest BCUT2D eigenvalue weighted by atomic mass is 32.2. The molecule has 0 spiro atoms. The third-order valence-electron chi connectivity index (χ3n) is 1.88. The van der Waals surface area contributed by atoms with Crippen LogP contribution in [0.25, 0.3) is 0 Å². The molecule has 78 valence electrons. The van der Waals surface area contributed by atoms with Crippen LogP contribution in [0, 0.1) is 0 Å². The maximum absolute atomic E-state index is 10.6. The molecule has 0 atom stereocenters. The van der Waals surface area contributed by atoms with Gasteiger partial charge in [0.25, 0.3) is 10.2 Å². The Morgan fingerprint density at radius 3 is 2.57 bits per heavy atom. The van der Waals surface area contributed by atoms with Crippen LogP contribution >= 0.6 is 0 Å². The third kappa shape index (κ3) is 3.87. The van der Waals surface area contributed by atoms with Gasteiger partial charge in [0.1, 0.15) is 0 Å². The van der Waals surface area contributed by atoms with Gasteiger partial charge in [0.2, 0.25) is 0 Å². The Bertz CT molecular complexity index is 401. The summed E-state index contributed by atoms with van der Waals surface area (Å²) in [5.41, 5.74) is 2.09. The monoisotopic (exact) mass is 214 g/mol. The fourth-order valence-electron chi connectivity index (χ4n) is 1.14. The van der Waals surface area contributed by atoms with Gasteiger partial charge in [0.05, 0.1) is 0 Å². The standard InChI is InChI=1S/C9H14N2O2S/c1-2-8-4-3-5-9(6-8)7-11-14(10,12)13/h3-6,11H,2,7H2,1H3,(H2,10,12,13). The molecule has 0 bridgehead atoms. The van der Waals surface area contributed by atoms with Gasteiger partial charge < -0.3 is 0 Å². The van der Waals surface area contributed by atoms with E-state index in [-0.39, 0.29) is 6.54 Å². The van der Waals surface area contributed by atoms with Crippen molar-refractivity contribution in [3.63, 3.8) is 0 Å². The zero-order valence-electron chi connectivity index (χ0n) is 8.03. The Morgan fingerprint density at radius 1 is 1.36 bits per heavy atom. The molecule has 0 aliphatic rings. The summed E-state index contributed by atoms with van der Waals surface area (Å²) in [7, 11) is -3.59. The molecule has 0 aliphatic carbocycles. The van der Waals surface area contributed by atoms with Crippen molar-refractivity contribution in [3.8, 4) is 0 Å². The average molecular weight is 214 g/mol. The van der Waals surface area contributed by atoms with E-state index in [9.17, 15) is 8.42 Å². The summed E-state index contributed by atoms with van der Waals surface area (Å²) < 4.78 is 23.5. The summed E-state index contributed by atoms with van der Waals surface area (Å²) in [6, 6.07) is 7.72. The second kappa shape index (κ2) is 4.54. The van der Waals surface area contributed by atoms with Crippen molar-refractivity contribution in [3.05, 3.63) is 35.4 Å². The van der Waals surface area contributed by atoms with Gasteiger partial charge in [-0.2, -0.15) is 13.1 Å². The largest absolute Gasteiger partial charge is 0.274 e. The molecule has 0 saturated carbocycles. The maximum Gasteiger partial charge on any atom is 0.274 e. The highest BCUT2D eigenvalue weighted by Crippen LogP contribution is 2.05. The SMILES string of the molecule is CCc1cccc(CNS(N)(=O)=O)c1. The van der Waals surface area contributed by atoms with E-state index in [0.717, 1.165) is 12.0 Å². The van der Waals surface area contributed by atoms with Crippen LogP contribution in [0.5, 0.6) is 0 Å². The lowest BCUT2D eigenvalue weighted by Crippen LogP contribution is -2.30. The molecule has 4 nitrogen and oxygen atoms in total. The molecular formula is C9H14N2O2S. The van der Waals surface area contributed by atoms with E-state index in [1.54, 1.807) is 0 Å². The van der Waals surface area contributed by atoms with Gasteiger partial charge in [0.15, 0.2) is 0 Å². The Labute approximate surface area is 84.3 Å². The first-order valence-electron chi connectivity index (χ1n) is 4.36. The number of benzene rings is 1. The van der Waals surface area contributed by atoms with Gasteiger partial charge >= 0.3 is 0 Å². The minimum Gasteiger partial charge on any atom is -0.216 e. The van der Waals surface area contributed by atoms with E-state index >= 15 is 0 Å². The van der Waals surface area contributed by atoms with Crippen LogP contribution in [0.1, 0.15) is 18.1 Å². The van der Waals surface area contributed by atoms with Gasteiger partial charge in [-0.3, -0.25) is 0 Å². The quantitative estimate of drug-likeness (QED) is 0.768. The van der Waals surface area contributed by atoms with Gasteiger partial charge in [-0.15, -0.1) is 0 Å². The Balaban J connectivity index is 2.68. The molecule has 14 heavy (non-hydrogen) atoms. The van der Waals surface area contributed by atoms with E-state index in [1.165, 1.54) is 5.56 Å². The first-order chi connectivity index (χ1) is 6.51. The minimum absolute atomic E-state index is 0.243. The number of aryl methyl sites for hydroxylation is 1. The van der Waals surface area contributed by atoms with E-state index in [1.807, 2.05) is 31.2 Å². The van der Waals surface area contributed by atoms with Crippen molar-refractivity contribution < 1.29 is 8.42 Å². The van der Waals surface area contributed by atoms with Crippen LogP contribution in [-0.4, -0.2) is 8.42 Å². The first kappa shape index (κ1) is 11.2. The number of hydrogen-bond acceptors (Lipinski definition) is 2. The lowest BCUT2D eigenvalue weighted by atomic mass is 10.1. The summed E-state index contributed by atoms with van der Waals surface area (Å²) in [6.45, 7) is 2.29. The van der Waals surface area contributed by atoms with Crippen LogP contribution in [0.4, 0.5) is 0 Å². The fraction of sp³-hybridized carbons (Fsp3) is 0.333. The Kier molecular flexibility index (Phi) is 3.62. The van der Waals surface area contributed by atoms with Gasteiger partial charge in [-0.25, -0.2) is 5.14 Å². The van der Waals surface area contributed by atoms with Crippen molar-refractivity contribution in [1.82, 2.24) is 4.72 Å². The minimum atomic E-state index is -3.59. The molecule has 3 N–H and O–H groups in total. The average Bonchev–Trinajstić information content (AvgIpc) is 2.14. The summed E-state index contributed by atoms with van der Waals surface area (Å²) in [5, 5.41) is 4.81. The van der Waals surface area contributed by atoms with Gasteiger partial charge in [-0.1, -0.05) is 31.2 Å². The third-order valence-corrected chi connectivity index (χ3v) is 2.42. The number of hydrogen-bond donors (Lipinski definition) is 2.